The lowest BCUT2D eigenvalue weighted by molar-refractivity contribution is 0.0738. The SMILES string of the molecule is CCCN(CC1CC1)C(=O)c1ncccc1O. The van der Waals surface area contributed by atoms with Crippen LogP contribution in [0, 0.1) is 5.92 Å². The molecule has 4 heteroatoms. The summed E-state index contributed by atoms with van der Waals surface area (Å²) in [5, 5.41) is 9.64. The summed E-state index contributed by atoms with van der Waals surface area (Å²) in [6, 6.07) is 3.12. The molecule has 1 aromatic heterocycles. The average Bonchev–Trinajstić information content (AvgIpc) is 3.12. The van der Waals surface area contributed by atoms with E-state index in [2.05, 4.69) is 4.98 Å². The molecule has 0 atom stereocenters. The van der Waals surface area contributed by atoms with Crippen molar-refractivity contribution in [1.29, 1.82) is 0 Å². The van der Waals surface area contributed by atoms with Gasteiger partial charge in [0, 0.05) is 19.3 Å². The van der Waals surface area contributed by atoms with Crippen LogP contribution in [0.25, 0.3) is 0 Å². The van der Waals surface area contributed by atoms with E-state index in [0.29, 0.717) is 5.92 Å². The monoisotopic (exact) mass is 234 g/mol. The summed E-state index contributed by atoms with van der Waals surface area (Å²) in [4.78, 5) is 18.0. The quantitative estimate of drug-likeness (QED) is 0.848. The molecule has 92 valence electrons. The third kappa shape index (κ3) is 2.96. The molecule has 17 heavy (non-hydrogen) atoms. The predicted molar refractivity (Wildman–Crippen MR) is 64.8 cm³/mol. The lowest BCUT2D eigenvalue weighted by Gasteiger charge is -2.21. The zero-order chi connectivity index (χ0) is 12.3. The highest BCUT2D eigenvalue weighted by molar-refractivity contribution is 5.94. The first kappa shape index (κ1) is 11.9. The number of hydrogen-bond donors (Lipinski definition) is 1. The number of amides is 1. The summed E-state index contributed by atoms with van der Waals surface area (Å²) in [6.45, 7) is 3.57. The minimum atomic E-state index is -0.156. The van der Waals surface area contributed by atoms with Crippen molar-refractivity contribution in [3.05, 3.63) is 24.0 Å². The van der Waals surface area contributed by atoms with Crippen molar-refractivity contribution in [3.63, 3.8) is 0 Å². The molecule has 1 heterocycles. The normalized spacial score (nSPS) is 14.6. The molecule has 0 saturated heterocycles. The highest BCUT2D eigenvalue weighted by Gasteiger charge is 2.28. The summed E-state index contributed by atoms with van der Waals surface area (Å²) in [5.41, 5.74) is 0.168. The Morgan fingerprint density at radius 1 is 1.59 bits per heavy atom. The number of aromatic hydroxyl groups is 1. The predicted octanol–water partition coefficient (Wildman–Crippen LogP) is 2.05. The fraction of sp³-hybridized carbons (Fsp3) is 0.538. The molecule has 0 bridgehead atoms. The van der Waals surface area contributed by atoms with Gasteiger partial charge in [0.1, 0.15) is 5.75 Å². The number of rotatable bonds is 5. The van der Waals surface area contributed by atoms with Gasteiger partial charge in [0.2, 0.25) is 0 Å². The van der Waals surface area contributed by atoms with E-state index >= 15 is 0 Å². The van der Waals surface area contributed by atoms with Gasteiger partial charge in [-0.2, -0.15) is 0 Å². The van der Waals surface area contributed by atoms with E-state index in [1.54, 1.807) is 11.0 Å². The Kier molecular flexibility index (Phi) is 3.61. The third-order valence-electron chi connectivity index (χ3n) is 2.95. The van der Waals surface area contributed by atoms with E-state index in [9.17, 15) is 9.90 Å². The van der Waals surface area contributed by atoms with Gasteiger partial charge in [-0.3, -0.25) is 4.79 Å². The summed E-state index contributed by atoms with van der Waals surface area (Å²) in [7, 11) is 0. The molecule has 1 N–H and O–H groups in total. The first-order valence-electron chi connectivity index (χ1n) is 6.15. The van der Waals surface area contributed by atoms with Gasteiger partial charge in [-0.15, -0.1) is 0 Å². The molecule has 1 fully saturated rings. The van der Waals surface area contributed by atoms with Crippen molar-refractivity contribution in [2.24, 2.45) is 5.92 Å². The van der Waals surface area contributed by atoms with Gasteiger partial charge >= 0.3 is 0 Å². The van der Waals surface area contributed by atoms with Crippen LogP contribution in [0.4, 0.5) is 0 Å². The topological polar surface area (TPSA) is 53.4 Å². The van der Waals surface area contributed by atoms with Crippen LogP contribution in [-0.2, 0) is 0 Å². The zero-order valence-electron chi connectivity index (χ0n) is 10.1. The van der Waals surface area contributed by atoms with Crippen LogP contribution in [0.2, 0.25) is 0 Å². The van der Waals surface area contributed by atoms with Gasteiger partial charge in [-0.05, 0) is 37.3 Å². The van der Waals surface area contributed by atoms with Crippen LogP contribution in [0.5, 0.6) is 5.75 Å². The second-order valence-corrected chi connectivity index (χ2v) is 4.57. The van der Waals surface area contributed by atoms with E-state index in [1.807, 2.05) is 6.92 Å². The molecule has 0 spiro atoms. The van der Waals surface area contributed by atoms with Crippen LogP contribution < -0.4 is 0 Å². The molecular weight excluding hydrogens is 216 g/mol. The average molecular weight is 234 g/mol. The molecule has 1 aromatic rings. The number of carbonyl (C=O) groups excluding carboxylic acids is 1. The maximum absolute atomic E-state index is 12.2. The fourth-order valence-corrected chi connectivity index (χ4v) is 1.87. The third-order valence-corrected chi connectivity index (χ3v) is 2.95. The van der Waals surface area contributed by atoms with Crippen LogP contribution in [-0.4, -0.2) is 34.0 Å². The maximum Gasteiger partial charge on any atom is 0.276 e. The summed E-state index contributed by atoms with van der Waals surface area (Å²) >= 11 is 0. The summed E-state index contributed by atoms with van der Waals surface area (Å²) in [5.74, 6) is 0.461. The van der Waals surface area contributed by atoms with Crippen molar-refractivity contribution in [3.8, 4) is 5.75 Å². The van der Waals surface area contributed by atoms with Gasteiger partial charge in [-0.25, -0.2) is 4.98 Å². The number of aromatic nitrogens is 1. The van der Waals surface area contributed by atoms with Gasteiger partial charge in [0.25, 0.3) is 5.91 Å². The van der Waals surface area contributed by atoms with E-state index < -0.39 is 0 Å². The molecule has 1 saturated carbocycles. The molecular formula is C13H18N2O2. The largest absolute Gasteiger partial charge is 0.505 e. The Labute approximate surface area is 101 Å². The lowest BCUT2D eigenvalue weighted by Crippen LogP contribution is -2.34. The van der Waals surface area contributed by atoms with E-state index in [0.717, 1.165) is 19.5 Å². The Balaban J connectivity index is 2.11. The van der Waals surface area contributed by atoms with Crippen LogP contribution >= 0.6 is 0 Å². The van der Waals surface area contributed by atoms with E-state index in [-0.39, 0.29) is 17.4 Å². The summed E-state index contributed by atoms with van der Waals surface area (Å²) < 4.78 is 0. The Bertz CT molecular complexity index is 402. The van der Waals surface area contributed by atoms with Gasteiger partial charge in [0.05, 0.1) is 0 Å². The van der Waals surface area contributed by atoms with Gasteiger partial charge in [-0.1, -0.05) is 6.92 Å². The highest BCUT2D eigenvalue weighted by Crippen LogP contribution is 2.30. The molecule has 1 aliphatic carbocycles. The fourth-order valence-electron chi connectivity index (χ4n) is 1.87. The van der Waals surface area contributed by atoms with Crippen LogP contribution in [0.1, 0.15) is 36.7 Å². The second kappa shape index (κ2) is 5.17. The first-order chi connectivity index (χ1) is 8.22. The lowest BCUT2D eigenvalue weighted by atomic mass is 10.2. The smallest absolute Gasteiger partial charge is 0.276 e. The number of pyridine rings is 1. The van der Waals surface area contributed by atoms with E-state index in [1.165, 1.54) is 25.1 Å². The minimum absolute atomic E-state index is 0.0330. The molecule has 1 aliphatic rings. The van der Waals surface area contributed by atoms with Crippen LogP contribution in [0.15, 0.2) is 18.3 Å². The Hall–Kier alpha value is -1.58. The maximum atomic E-state index is 12.2. The van der Waals surface area contributed by atoms with Crippen molar-refractivity contribution >= 4 is 5.91 Å². The highest BCUT2D eigenvalue weighted by atomic mass is 16.3. The number of hydrogen-bond acceptors (Lipinski definition) is 3. The number of nitrogens with zero attached hydrogens (tertiary/aromatic N) is 2. The standard InChI is InChI=1S/C13H18N2O2/c1-2-8-15(9-10-5-6-10)13(17)12-11(16)4-3-7-14-12/h3-4,7,10,16H,2,5-6,8-9H2,1H3. The first-order valence-corrected chi connectivity index (χ1v) is 6.15. The van der Waals surface area contributed by atoms with Gasteiger partial charge < -0.3 is 10.0 Å². The van der Waals surface area contributed by atoms with Gasteiger partial charge in [0.15, 0.2) is 5.69 Å². The second-order valence-electron chi connectivity index (χ2n) is 4.57. The van der Waals surface area contributed by atoms with Crippen molar-refractivity contribution in [1.82, 2.24) is 9.88 Å². The van der Waals surface area contributed by atoms with Crippen molar-refractivity contribution < 1.29 is 9.90 Å². The molecule has 0 aliphatic heterocycles. The summed E-state index contributed by atoms with van der Waals surface area (Å²) in [6.07, 6.45) is 4.88. The zero-order valence-corrected chi connectivity index (χ0v) is 10.1. The van der Waals surface area contributed by atoms with Crippen LogP contribution in [0.3, 0.4) is 0 Å². The Morgan fingerprint density at radius 2 is 2.35 bits per heavy atom. The number of carbonyl (C=O) groups is 1. The molecule has 1 amide bonds. The molecule has 4 nitrogen and oxygen atoms in total. The van der Waals surface area contributed by atoms with Crippen molar-refractivity contribution in [2.45, 2.75) is 26.2 Å². The Morgan fingerprint density at radius 3 is 2.94 bits per heavy atom. The van der Waals surface area contributed by atoms with E-state index in [4.69, 9.17) is 0 Å². The molecule has 0 radical (unpaired) electrons. The minimum Gasteiger partial charge on any atom is -0.505 e. The molecule has 0 aromatic carbocycles. The molecule has 0 unspecified atom stereocenters. The van der Waals surface area contributed by atoms with Crippen molar-refractivity contribution in [2.75, 3.05) is 13.1 Å². The molecule has 2 rings (SSSR count).